The van der Waals surface area contributed by atoms with Gasteiger partial charge >= 0.3 is 0 Å². The first-order valence-electron chi connectivity index (χ1n) is 10.1. The third kappa shape index (κ3) is 5.55. The van der Waals surface area contributed by atoms with Crippen molar-refractivity contribution >= 4 is 46.8 Å². The van der Waals surface area contributed by atoms with Crippen molar-refractivity contribution in [1.82, 2.24) is 20.2 Å². The number of benzene rings is 2. The summed E-state index contributed by atoms with van der Waals surface area (Å²) in [6.07, 6.45) is 0. The molecule has 168 valence electrons. The van der Waals surface area contributed by atoms with Crippen molar-refractivity contribution in [1.29, 1.82) is 0 Å². The van der Waals surface area contributed by atoms with Crippen LogP contribution in [0.3, 0.4) is 0 Å². The van der Waals surface area contributed by atoms with Gasteiger partial charge in [0.1, 0.15) is 10.6 Å². The smallest absolute Gasteiger partial charge is 0.278 e. The number of thioether (sulfide) groups is 1. The maximum atomic E-state index is 13.3. The average Bonchev–Trinajstić information content (AvgIpc) is 2.98. The summed E-state index contributed by atoms with van der Waals surface area (Å²) in [5.74, 6) is -0.780. The van der Waals surface area contributed by atoms with Crippen molar-refractivity contribution in [2.75, 3.05) is 0 Å². The van der Waals surface area contributed by atoms with Crippen LogP contribution in [0, 0.1) is 13.8 Å². The zero-order valence-corrected chi connectivity index (χ0v) is 20.3. The molecule has 0 bridgehead atoms. The van der Waals surface area contributed by atoms with Gasteiger partial charge in [0.15, 0.2) is 5.16 Å². The Morgan fingerprint density at radius 2 is 1.39 bits per heavy atom. The fourth-order valence-corrected chi connectivity index (χ4v) is 4.62. The van der Waals surface area contributed by atoms with Crippen LogP contribution < -0.4 is 5.32 Å². The maximum absolute atomic E-state index is 13.3. The second-order valence-electron chi connectivity index (χ2n) is 7.54. The van der Waals surface area contributed by atoms with E-state index in [9.17, 15) is 9.59 Å². The van der Waals surface area contributed by atoms with Gasteiger partial charge in [0.2, 0.25) is 0 Å². The fraction of sp³-hybridized carbons (Fsp3) is 0.167. The summed E-state index contributed by atoms with van der Waals surface area (Å²) in [6.45, 7) is 4.22. The zero-order chi connectivity index (χ0) is 23.5. The molecule has 6 nitrogen and oxygen atoms in total. The van der Waals surface area contributed by atoms with E-state index in [0.29, 0.717) is 21.7 Å². The van der Waals surface area contributed by atoms with Crippen LogP contribution in [0.1, 0.15) is 22.5 Å². The number of halogens is 2. The van der Waals surface area contributed by atoms with E-state index in [1.807, 2.05) is 32.0 Å². The van der Waals surface area contributed by atoms with E-state index in [2.05, 4.69) is 15.3 Å². The molecule has 2 aromatic carbocycles. The Morgan fingerprint density at radius 1 is 0.848 bits per heavy atom. The molecule has 0 fully saturated rings. The minimum absolute atomic E-state index is 0.138. The molecule has 2 heterocycles. The summed E-state index contributed by atoms with van der Waals surface area (Å²) < 4.78 is 0. The molecule has 33 heavy (non-hydrogen) atoms. The van der Waals surface area contributed by atoms with Crippen LogP contribution >= 0.6 is 35.0 Å². The quantitative estimate of drug-likeness (QED) is 0.362. The first-order valence-corrected chi connectivity index (χ1v) is 11.7. The van der Waals surface area contributed by atoms with Crippen molar-refractivity contribution in [3.63, 3.8) is 0 Å². The van der Waals surface area contributed by atoms with Gasteiger partial charge in [-0.15, -0.1) is 0 Å². The number of rotatable bonds is 7. The lowest BCUT2D eigenvalue weighted by molar-refractivity contribution is -0.138. The highest BCUT2D eigenvalue weighted by atomic mass is 35.5. The van der Waals surface area contributed by atoms with E-state index in [0.717, 1.165) is 34.3 Å². The first-order chi connectivity index (χ1) is 15.8. The SMILES string of the molecule is Cc1cc(C)nc(SC2=C(NCc3ccc(Cl)cc3)C(=O)N(Cc3ccc(Cl)cc3)C2=O)n1. The molecule has 3 aromatic rings. The molecule has 0 unspecified atom stereocenters. The van der Waals surface area contributed by atoms with Crippen LogP contribution in [0.15, 0.2) is 70.4 Å². The lowest BCUT2D eigenvalue weighted by Gasteiger charge is -2.15. The van der Waals surface area contributed by atoms with Crippen LogP contribution in [0.2, 0.25) is 10.0 Å². The van der Waals surface area contributed by atoms with Gasteiger partial charge in [-0.3, -0.25) is 14.5 Å². The van der Waals surface area contributed by atoms with Crippen molar-refractivity contribution in [3.05, 3.63) is 97.8 Å². The predicted octanol–water partition coefficient (Wildman–Crippen LogP) is 5.06. The summed E-state index contributed by atoms with van der Waals surface area (Å²) in [5, 5.41) is 4.78. The minimum atomic E-state index is -0.393. The molecule has 0 aliphatic carbocycles. The van der Waals surface area contributed by atoms with Crippen molar-refractivity contribution in [2.24, 2.45) is 0 Å². The van der Waals surface area contributed by atoms with Gasteiger partial charge in [0, 0.05) is 28.0 Å². The number of aromatic nitrogens is 2. The maximum Gasteiger partial charge on any atom is 0.278 e. The molecule has 2 amide bonds. The van der Waals surface area contributed by atoms with E-state index < -0.39 is 5.91 Å². The molecule has 1 aliphatic rings. The first kappa shape index (κ1) is 23.3. The molecule has 1 aromatic heterocycles. The lowest BCUT2D eigenvalue weighted by atomic mass is 10.2. The zero-order valence-electron chi connectivity index (χ0n) is 17.9. The number of hydrogen-bond acceptors (Lipinski definition) is 6. The molecular formula is C24H20Cl2N4O2S. The van der Waals surface area contributed by atoms with Crippen molar-refractivity contribution in [2.45, 2.75) is 32.1 Å². The highest BCUT2D eigenvalue weighted by molar-refractivity contribution is 8.04. The average molecular weight is 499 g/mol. The molecule has 9 heteroatoms. The van der Waals surface area contributed by atoms with E-state index in [4.69, 9.17) is 23.2 Å². The van der Waals surface area contributed by atoms with Crippen LogP contribution in [0.4, 0.5) is 0 Å². The number of carbonyl (C=O) groups excluding carboxylic acids is 2. The Morgan fingerprint density at radius 3 is 1.97 bits per heavy atom. The number of imide groups is 1. The number of hydrogen-bond donors (Lipinski definition) is 1. The highest BCUT2D eigenvalue weighted by Gasteiger charge is 2.39. The van der Waals surface area contributed by atoms with Gasteiger partial charge in [0.05, 0.1) is 6.54 Å². The number of amides is 2. The second-order valence-corrected chi connectivity index (χ2v) is 9.39. The van der Waals surface area contributed by atoms with Gasteiger partial charge in [-0.25, -0.2) is 9.97 Å². The van der Waals surface area contributed by atoms with Crippen LogP contribution in [-0.4, -0.2) is 26.7 Å². The predicted molar refractivity (Wildman–Crippen MR) is 130 cm³/mol. The number of carbonyl (C=O) groups is 2. The second kappa shape index (κ2) is 9.95. The topological polar surface area (TPSA) is 75.2 Å². The Kier molecular flexibility index (Phi) is 7.02. The van der Waals surface area contributed by atoms with Gasteiger partial charge < -0.3 is 5.32 Å². The highest BCUT2D eigenvalue weighted by Crippen LogP contribution is 2.34. The molecule has 1 aliphatic heterocycles. The normalized spacial score (nSPS) is 13.8. The molecule has 1 N–H and O–H groups in total. The van der Waals surface area contributed by atoms with Gasteiger partial charge in [-0.2, -0.15) is 0 Å². The van der Waals surface area contributed by atoms with Crippen LogP contribution in [-0.2, 0) is 22.7 Å². The lowest BCUT2D eigenvalue weighted by Crippen LogP contribution is -2.33. The molecule has 4 rings (SSSR count). The summed E-state index contributed by atoms with van der Waals surface area (Å²) in [4.78, 5) is 36.9. The molecule has 0 saturated heterocycles. The van der Waals surface area contributed by atoms with Gasteiger partial charge in [-0.1, -0.05) is 47.5 Å². The van der Waals surface area contributed by atoms with E-state index in [-0.39, 0.29) is 23.1 Å². The molecule has 0 radical (unpaired) electrons. The van der Waals surface area contributed by atoms with Crippen LogP contribution in [0.25, 0.3) is 0 Å². The molecule has 0 atom stereocenters. The Balaban J connectivity index is 1.63. The summed E-state index contributed by atoms with van der Waals surface area (Å²) in [5.41, 5.74) is 3.53. The number of aryl methyl sites for hydroxylation is 2. The van der Waals surface area contributed by atoms with E-state index >= 15 is 0 Å². The van der Waals surface area contributed by atoms with Crippen molar-refractivity contribution in [3.8, 4) is 0 Å². The Labute approximate surface area is 206 Å². The Bertz CT molecular complexity index is 1220. The minimum Gasteiger partial charge on any atom is -0.375 e. The molecular weight excluding hydrogens is 479 g/mol. The van der Waals surface area contributed by atoms with Gasteiger partial charge in [-0.05, 0) is 67.1 Å². The molecule has 0 saturated carbocycles. The van der Waals surface area contributed by atoms with Gasteiger partial charge in [0.25, 0.3) is 11.8 Å². The summed E-state index contributed by atoms with van der Waals surface area (Å²) >= 11 is 13.0. The standard InChI is InChI=1S/C24H20Cl2N4O2S/c1-14-11-15(2)29-24(28-14)33-21-20(27-12-16-3-7-18(25)8-4-16)22(31)30(23(21)32)13-17-5-9-19(26)10-6-17/h3-11,27H,12-13H2,1-2H3. The van der Waals surface area contributed by atoms with Crippen LogP contribution in [0.5, 0.6) is 0 Å². The Hall–Kier alpha value is -2.87. The number of nitrogens with one attached hydrogen (secondary N) is 1. The van der Waals surface area contributed by atoms with E-state index in [1.54, 1.807) is 36.4 Å². The summed E-state index contributed by atoms with van der Waals surface area (Å²) in [6, 6.07) is 16.2. The van der Waals surface area contributed by atoms with E-state index in [1.165, 1.54) is 4.90 Å². The summed E-state index contributed by atoms with van der Waals surface area (Å²) in [7, 11) is 0. The molecule has 0 spiro atoms. The van der Waals surface area contributed by atoms with Crippen molar-refractivity contribution < 1.29 is 9.59 Å². The largest absolute Gasteiger partial charge is 0.375 e. The monoisotopic (exact) mass is 498 g/mol. The third-order valence-corrected chi connectivity index (χ3v) is 6.37. The third-order valence-electron chi connectivity index (χ3n) is 4.92. The fourth-order valence-electron chi connectivity index (χ4n) is 3.34. The number of nitrogens with zero attached hydrogens (tertiary/aromatic N) is 3.